The van der Waals surface area contributed by atoms with E-state index in [-0.39, 0.29) is 17.9 Å². The summed E-state index contributed by atoms with van der Waals surface area (Å²) < 4.78 is 5.14. The van der Waals surface area contributed by atoms with E-state index >= 15 is 0 Å². The molecule has 0 spiro atoms. The number of aliphatic hydroxyl groups is 1. The summed E-state index contributed by atoms with van der Waals surface area (Å²) >= 11 is 0. The molecule has 1 saturated heterocycles. The summed E-state index contributed by atoms with van der Waals surface area (Å²) in [5.74, 6) is 0.274. The van der Waals surface area contributed by atoms with E-state index in [2.05, 4.69) is 5.32 Å². The molecule has 25 heavy (non-hydrogen) atoms. The number of carbonyl (C=O) groups excluding carboxylic acids is 2. The fourth-order valence-electron chi connectivity index (χ4n) is 3.44. The van der Waals surface area contributed by atoms with Crippen molar-refractivity contribution in [2.24, 2.45) is 0 Å². The van der Waals surface area contributed by atoms with Crippen molar-refractivity contribution in [2.75, 3.05) is 27.3 Å². The van der Waals surface area contributed by atoms with E-state index in [9.17, 15) is 14.7 Å². The summed E-state index contributed by atoms with van der Waals surface area (Å²) in [6.07, 6.45) is 10.2. The molecule has 2 N–H and O–H groups in total. The number of methoxy groups -OCH3 is 1. The van der Waals surface area contributed by atoms with Crippen LogP contribution in [0, 0.1) is 0 Å². The van der Waals surface area contributed by atoms with Crippen LogP contribution in [0.5, 0.6) is 0 Å². The van der Waals surface area contributed by atoms with Crippen LogP contribution in [0.1, 0.15) is 70.6 Å². The fraction of sp³-hybridized carbons (Fsp3) is 0.895. The van der Waals surface area contributed by atoms with E-state index in [0.29, 0.717) is 32.4 Å². The number of hydrogen-bond acceptors (Lipinski definition) is 4. The van der Waals surface area contributed by atoms with E-state index in [1.54, 1.807) is 19.1 Å². The molecule has 1 aliphatic rings. The summed E-state index contributed by atoms with van der Waals surface area (Å²) in [5, 5.41) is 12.4. The summed E-state index contributed by atoms with van der Waals surface area (Å²) in [7, 11) is 3.31. The van der Waals surface area contributed by atoms with Gasteiger partial charge in [-0.15, -0.1) is 0 Å². The maximum Gasteiger partial charge on any atom is 0.222 e. The number of β-amino-alcohol motifs (C(OH)–C–C–N with tert-alkyl or cyclic N) is 1. The van der Waals surface area contributed by atoms with Gasteiger partial charge in [0, 0.05) is 33.5 Å². The number of nitrogens with zero attached hydrogens (tertiary/aromatic N) is 1. The fourth-order valence-corrected chi connectivity index (χ4v) is 3.44. The molecule has 0 radical (unpaired) electrons. The smallest absolute Gasteiger partial charge is 0.222 e. The minimum Gasteiger partial charge on any atom is -0.391 e. The van der Waals surface area contributed by atoms with Crippen LogP contribution in [-0.2, 0) is 14.3 Å². The predicted molar refractivity (Wildman–Crippen MR) is 98.2 cm³/mol. The van der Waals surface area contributed by atoms with Crippen LogP contribution in [0.2, 0.25) is 0 Å². The Balaban J connectivity index is 1.98. The molecule has 0 aliphatic carbocycles. The first-order valence-corrected chi connectivity index (χ1v) is 9.75. The second-order valence-electron chi connectivity index (χ2n) is 7.05. The maximum absolute atomic E-state index is 12.3. The summed E-state index contributed by atoms with van der Waals surface area (Å²) in [4.78, 5) is 25.2. The molecule has 0 bridgehead atoms. The van der Waals surface area contributed by atoms with Gasteiger partial charge in [-0.1, -0.05) is 38.5 Å². The van der Waals surface area contributed by atoms with Crippen molar-refractivity contribution in [1.82, 2.24) is 10.2 Å². The number of aliphatic hydroxyl groups excluding tert-OH is 1. The normalized spacial score (nSPS) is 20.0. The van der Waals surface area contributed by atoms with Gasteiger partial charge in [-0.2, -0.15) is 0 Å². The number of amides is 2. The molecule has 1 rings (SSSR count). The Labute approximate surface area is 152 Å². The predicted octanol–water partition coefficient (Wildman–Crippen LogP) is 2.24. The largest absolute Gasteiger partial charge is 0.391 e. The molecular formula is C19H36N2O4. The first-order valence-electron chi connectivity index (χ1n) is 9.75. The first kappa shape index (κ1) is 21.9. The zero-order valence-electron chi connectivity index (χ0n) is 16.0. The van der Waals surface area contributed by atoms with Gasteiger partial charge in [0.05, 0.1) is 18.8 Å². The minimum atomic E-state index is -0.410. The Kier molecular flexibility index (Phi) is 11.5. The molecule has 0 aromatic rings. The van der Waals surface area contributed by atoms with Crippen LogP contribution in [0.25, 0.3) is 0 Å². The second kappa shape index (κ2) is 13.1. The molecule has 1 heterocycles. The molecule has 0 saturated carbocycles. The highest BCUT2D eigenvalue weighted by molar-refractivity contribution is 5.77. The number of carbonyl (C=O) groups is 2. The molecule has 1 aliphatic heterocycles. The molecule has 0 aromatic carbocycles. The number of likely N-dealkylation sites (tertiary alicyclic amines) is 1. The lowest BCUT2D eigenvalue weighted by atomic mass is 10.1. The monoisotopic (exact) mass is 356 g/mol. The van der Waals surface area contributed by atoms with Crippen molar-refractivity contribution >= 4 is 11.8 Å². The molecule has 1 fully saturated rings. The Hall–Kier alpha value is -1.14. The highest BCUT2D eigenvalue weighted by Gasteiger charge is 2.33. The van der Waals surface area contributed by atoms with Crippen LogP contribution in [0.15, 0.2) is 0 Å². The lowest BCUT2D eigenvalue weighted by Crippen LogP contribution is -2.38. The SMILES string of the molecule is CNC(=O)CCCCCCCCCCC(=O)N1C[C@H](O)C[C@H]1COC. The van der Waals surface area contributed by atoms with E-state index < -0.39 is 6.10 Å². The van der Waals surface area contributed by atoms with E-state index in [1.807, 2.05) is 0 Å². The van der Waals surface area contributed by atoms with Gasteiger partial charge in [-0.3, -0.25) is 9.59 Å². The average molecular weight is 357 g/mol. The third-order valence-corrected chi connectivity index (χ3v) is 4.90. The van der Waals surface area contributed by atoms with Gasteiger partial charge in [-0.25, -0.2) is 0 Å². The van der Waals surface area contributed by atoms with Crippen LogP contribution >= 0.6 is 0 Å². The van der Waals surface area contributed by atoms with Gasteiger partial charge in [-0.05, 0) is 19.3 Å². The molecular weight excluding hydrogens is 320 g/mol. The number of hydrogen-bond donors (Lipinski definition) is 2. The van der Waals surface area contributed by atoms with Crippen molar-refractivity contribution < 1.29 is 19.4 Å². The average Bonchev–Trinajstić information content (AvgIpc) is 2.97. The Morgan fingerprint density at radius 3 is 2.16 bits per heavy atom. The van der Waals surface area contributed by atoms with Crippen molar-refractivity contribution in [3.63, 3.8) is 0 Å². The van der Waals surface area contributed by atoms with Gasteiger partial charge in [0.15, 0.2) is 0 Å². The standard InChI is InChI=1S/C19H36N2O4/c1-20-18(23)11-9-7-5-3-4-6-8-10-12-19(24)21-14-17(22)13-16(21)15-25-2/h16-17,22H,3-15H2,1-2H3,(H,20,23)/t16-,17+/m0/s1. The third kappa shape index (κ3) is 9.21. The highest BCUT2D eigenvalue weighted by atomic mass is 16.5. The second-order valence-corrected chi connectivity index (χ2v) is 7.05. The van der Waals surface area contributed by atoms with Crippen molar-refractivity contribution in [3.8, 4) is 0 Å². The van der Waals surface area contributed by atoms with E-state index in [0.717, 1.165) is 32.1 Å². The molecule has 0 aromatic heterocycles. The third-order valence-electron chi connectivity index (χ3n) is 4.90. The number of rotatable bonds is 13. The maximum atomic E-state index is 12.3. The van der Waals surface area contributed by atoms with Crippen LogP contribution < -0.4 is 5.32 Å². The molecule has 2 amide bonds. The van der Waals surface area contributed by atoms with Crippen LogP contribution in [-0.4, -0.2) is 61.3 Å². The Morgan fingerprint density at radius 1 is 1.04 bits per heavy atom. The Bertz CT molecular complexity index is 390. The molecule has 6 nitrogen and oxygen atoms in total. The number of unbranched alkanes of at least 4 members (excludes halogenated alkanes) is 7. The van der Waals surface area contributed by atoms with Crippen LogP contribution in [0.4, 0.5) is 0 Å². The minimum absolute atomic E-state index is 0.0299. The zero-order valence-corrected chi connectivity index (χ0v) is 16.0. The summed E-state index contributed by atoms with van der Waals surface area (Å²) in [6.45, 7) is 0.950. The van der Waals surface area contributed by atoms with E-state index in [1.165, 1.54) is 19.3 Å². The number of nitrogens with one attached hydrogen (secondary N) is 1. The van der Waals surface area contributed by atoms with E-state index in [4.69, 9.17) is 4.74 Å². The van der Waals surface area contributed by atoms with Crippen molar-refractivity contribution in [3.05, 3.63) is 0 Å². The van der Waals surface area contributed by atoms with Gasteiger partial charge in [0.2, 0.25) is 11.8 Å². The van der Waals surface area contributed by atoms with Crippen molar-refractivity contribution in [1.29, 1.82) is 0 Å². The molecule has 0 unspecified atom stereocenters. The molecule has 146 valence electrons. The topological polar surface area (TPSA) is 78.9 Å². The molecule has 2 atom stereocenters. The van der Waals surface area contributed by atoms with Gasteiger partial charge in [0.1, 0.15) is 0 Å². The van der Waals surface area contributed by atoms with Gasteiger partial charge in [0.25, 0.3) is 0 Å². The Morgan fingerprint density at radius 2 is 1.60 bits per heavy atom. The highest BCUT2D eigenvalue weighted by Crippen LogP contribution is 2.20. The first-order chi connectivity index (χ1) is 12.1. The lowest BCUT2D eigenvalue weighted by Gasteiger charge is -2.23. The zero-order chi connectivity index (χ0) is 18.5. The van der Waals surface area contributed by atoms with Gasteiger partial charge < -0.3 is 20.1 Å². The van der Waals surface area contributed by atoms with Crippen molar-refractivity contribution in [2.45, 2.75) is 82.8 Å². The van der Waals surface area contributed by atoms with Crippen LogP contribution in [0.3, 0.4) is 0 Å². The quantitative estimate of drug-likeness (QED) is 0.496. The lowest BCUT2D eigenvalue weighted by molar-refractivity contribution is -0.133. The molecule has 6 heteroatoms. The van der Waals surface area contributed by atoms with Gasteiger partial charge >= 0.3 is 0 Å². The summed E-state index contributed by atoms with van der Waals surface area (Å²) in [5.41, 5.74) is 0. The summed E-state index contributed by atoms with van der Waals surface area (Å²) in [6, 6.07) is 0.0299. The number of ether oxygens (including phenoxy) is 1.